The van der Waals surface area contributed by atoms with E-state index >= 15 is 0 Å². The Morgan fingerprint density at radius 2 is 2.25 bits per heavy atom. The molecule has 0 amide bonds. The zero-order valence-electron chi connectivity index (χ0n) is 11.6. The Morgan fingerprint density at radius 3 is 2.90 bits per heavy atom. The minimum absolute atomic E-state index is 0.0364. The van der Waals surface area contributed by atoms with Crippen molar-refractivity contribution >= 4 is 17.5 Å². The van der Waals surface area contributed by atoms with Gasteiger partial charge in [-0.2, -0.15) is 4.98 Å². The first-order valence-electron chi connectivity index (χ1n) is 7.16. The summed E-state index contributed by atoms with van der Waals surface area (Å²) in [4.78, 5) is 21.3. The number of nitrogens with zero attached hydrogens (tertiary/aromatic N) is 4. The molecule has 1 aliphatic carbocycles. The number of hydrogen-bond acceptors (Lipinski definition) is 6. The average Bonchev–Trinajstić information content (AvgIpc) is 3.22. The van der Waals surface area contributed by atoms with Gasteiger partial charge in [0.05, 0.1) is 4.92 Å². The third-order valence-electron chi connectivity index (χ3n) is 3.81. The van der Waals surface area contributed by atoms with Crippen molar-refractivity contribution in [3.63, 3.8) is 0 Å². The van der Waals surface area contributed by atoms with Gasteiger partial charge >= 0.3 is 5.69 Å². The Balaban J connectivity index is 1.85. The van der Waals surface area contributed by atoms with Gasteiger partial charge < -0.3 is 10.2 Å². The van der Waals surface area contributed by atoms with Crippen molar-refractivity contribution in [1.82, 2.24) is 9.97 Å². The van der Waals surface area contributed by atoms with Crippen LogP contribution in [0, 0.1) is 16.0 Å². The van der Waals surface area contributed by atoms with E-state index < -0.39 is 4.92 Å². The minimum Gasteiger partial charge on any atom is -0.361 e. The van der Waals surface area contributed by atoms with E-state index in [2.05, 4.69) is 27.1 Å². The van der Waals surface area contributed by atoms with Crippen molar-refractivity contribution in [1.29, 1.82) is 0 Å². The van der Waals surface area contributed by atoms with Crippen LogP contribution in [0.1, 0.15) is 32.6 Å². The minimum atomic E-state index is -0.423. The maximum atomic E-state index is 11.0. The molecule has 108 valence electrons. The normalized spacial score (nSPS) is 22.6. The van der Waals surface area contributed by atoms with Gasteiger partial charge in [0.2, 0.25) is 11.8 Å². The van der Waals surface area contributed by atoms with Crippen LogP contribution in [0.15, 0.2) is 6.20 Å². The summed E-state index contributed by atoms with van der Waals surface area (Å²) >= 11 is 0. The fourth-order valence-corrected chi connectivity index (χ4v) is 2.55. The fourth-order valence-electron chi connectivity index (χ4n) is 2.55. The summed E-state index contributed by atoms with van der Waals surface area (Å²) in [5.41, 5.74) is -0.0364. The number of rotatable bonds is 4. The Hall–Kier alpha value is -1.92. The van der Waals surface area contributed by atoms with Crippen LogP contribution in [0.3, 0.4) is 0 Å². The number of nitro groups is 1. The summed E-state index contributed by atoms with van der Waals surface area (Å²) < 4.78 is 0. The zero-order chi connectivity index (χ0) is 14.1. The first-order chi connectivity index (χ1) is 9.63. The SMILES string of the molecule is CC1CCCN(c2ncc([N+](=O)[O-])c(NC3CC3)n2)C1. The van der Waals surface area contributed by atoms with Crippen LogP contribution in [0.2, 0.25) is 0 Å². The molecule has 7 heteroatoms. The van der Waals surface area contributed by atoms with Crippen molar-refractivity contribution in [3.8, 4) is 0 Å². The summed E-state index contributed by atoms with van der Waals surface area (Å²) in [5.74, 6) is 1.58. The van der Waals surface area contributed by atoms with E-state index in [4.69, 9.17) is 0 Å². The van der Waals surface area contributed by atoms with E-state index in [0.717, 1.165) is 32.4 Å². The highest BCUT2D eigenvalue weighted by Crippen LogP contribution is 2.30. The lowest BCUT2D eigenvalue weighted by Crippen LogP contribution is -2.35. The van der Waals surface area contributed by atoms with E-state index in [0.29, 0.717) is 23.7 Å². The molecule has 1 N–H and O–H groups in total. The van der Waals surface area contributed by atoms with E-state index in [1.165, 1.54) is 12.6 Å². The van der Waals surface area contributed by atoms with Crippen molar-refractivity contribution in [2.45, 2.75) is 38.6 Å². The third kappa shape index (κ3) is 2.81. The molecule has 0 bridgehead atoms. The molecule has 3 rings (SSSR count). The van der Waals surface area contributed by atoms with Gasteiger partial charge in [-0.25, -0.2) is 4.98 Å². The van der Waals surface area contributed by atoms with Crippen molar-refractivity contribution in [3.05, 3.63) is 16.3 Å². The van der Waals surface area contributed by atoms with Gasteiger partial charge in [0.15, 0.2) is 0 Å². The average molecular weight is 277 g/mol. The van der Waals surface area contributed by atoms with Gasteiger partial charge in [-0.15, -0.1) is 0 Å². The predicted octanol–water partition coefficient (Wildman–Crippen LogP) is 2.20. The van der Waals surface area contributed by atoms with E-state index in [1.807, 2.05) is 0 Å². The molecular weight excluding hydrogens is 258 g/mol. The lowest BCUT2D eigenvalue weighted by molar-refractivity contribution is -0.384. The molecule has 1 aromatic heterocycles. The summed E-state index contributed by atoms with van der Waals surface area (Å²) in [6.07, 6.45) is 5.77. The molecular formula is C13H19N5O2. The van der Waals surface area contributed by atoms with Crippen LogP contribution in [-0.4, -0.2) is 34.0 Å². The molecule has 0 aromatic carbocycles. The van der Waals surface area contributed by atoms with Crippen LogP contribution in [0.25, 0.3) is 0 Å². The Kier molecular flexibility index (Phi) is 3.42. The number of nitrogens with one attached hydrogen (secondary N) is 1. The quantitative estimate of drug-likeness (QED) is 0.671. The molecule has 0 radical (unpaired) electrons. The first kappa shape index (κ1) is 13.1. The summed E-state index contributed by atoms with van der Waals surface area (Å²) in [6, 6.07) is 0.330. The maximum absolute atomic E-state index is 11.0. The van der Waals surface area contributed by atoms with Gasteiger partial charge in [-0.05, 0) is 31.6 Å². The van der Waals surface area contributed by atoms with E-state index in [1.54, 1.807) is 0 Å². The zero-order valence-corrected chi connectivity index (χ0v) is 11.6. The molecule has 1 unspecified atom stereocenters. The van der Waals surface area contributed by atoms with E-state index in [-0.39, 0.29) is 5.69 Å². The highest BCUT2D eigenvalue weighted by Gasteiger charge is 2.28. The molecule has 1 saturated carbocycles. The lowest BCUT2D eigenvalue weighted by atomic mass is 10.0. The fraction of sp³-hybridized carbons (Fsp3) is 0.692. The van der Waals surface area contributed by atoms with Crippen molar-refractivity contribution < 1.29 is 4.92 Å². The van der Waals surface area contributed by atoms with Crippen molar-refractivity contribution in [2.24, 2.45) is 5.92 Å². The standard InChI is InChI=1S/C13H19N5O2/c1-9-3-2-6-17(8-9)13-14-7-11(18(19)20)12(16-13)15-10-4-5-10/h7,9-10H,2-6,8H2,1H3,(H,14,15,16). The second-order valence-corrected chi connectivity index (χ2v) is 5.77. The topological polar surface area (TPSA) is 84.2 Å². The largest absolute Gasteiger partial charge is 0.361 e. The van der Waals surface area contributed by atoms with Crippen LogP contribution >= 0.6 is 0 Å². The number of aromatic nitrogens is 2. The Morgan fingerprint density at radius 1 is 1.45 bits per heavy atom. The molecule has 2 heterocycles. The van der Waals surface area contributed by atoms with Crippen LogP contribution in [0.5, 0.6) is 0 Å². The van der Waals surface area contributed by atoms with Crippen LogP contribution in [-0.2, 0) is 0 Å². The third-order valence-corrected chi connectivity index (χ3v) is 3.81. The highest BCUT2D eigenvalue weighted by atomic mass is 16.6. The predicted molar refractivity (Wildman–Crippen MR) is 75.9 cm³/mol. The second-order valence-electron chi connectivity index (χ2n) is 5.77. The molecule has 2 fully saturated rings. The van der Waals surface area contributed by atoms with Gasteiger partial charge in [-0.1, -0.05) is 6.92 Å². The van der Waals surface area contributed by atoms with Crippen LogP contribution in [0.4, 0.5) is 17.5 Å². The van der Waals surface area contributed by atoms with Gasteiger partial charge in [0, 0.05) is 19.1 Å². The smallest absolute Gasteiger partial charge is 0.329 e. The Bertz CT molecular complexity index is 517. The lowest BCUT2D eigenvalue weighted by Gasteiger charge is -2.30. The number of hydrogen-bond donors (Lipinski definition) is 1. The first-order valence-corrected chi connectivity index (χ1v) is 7.16. The summed E-state index contributed by atoms with van der Waals surface area (Å²) in [6.45, 7) is 4.05. The monoisotopic (exact) mass is 277 g/mol. The Labute approximate surface area is 117 Å². The van der Waals surface area contributed by atoms with Gasteiger partial charge in [-0.3, -0.25) is 10.1 Å². The van der Waals surface area contributed by atoms with E-state index in [9.17, 15) is 10.1 Å². The van der Waals surface area contributed by atoms with Gasteiger partial charge in [0.25, 0.3) is 0 Å². The number of anilines is 2. The second kappa shape index (κ2) is 5.22. The molecule has 0 spiro atoms. The van der Waals surface area contributed by atoms with Crippen LogP contribution < -0.4 is 10.2 Å². The summed E-state index contributed by atoms with van der Waals surface area (Å²) in [7, 11) is 0. The number of piperidine rings is 1. The molecule has 7 nitrogen and oxygen atoms in total. The molecule has 1 saturated heterocycles. The highest BCUT2D eigenvalue weighted by molar-refractivity contribution is 5.58. The van der Waals surface area contributed by atoms with Gasteiger partial charge in [0.1, 0.15) is 6.20 Å². The maximum Gasteiger partial charge on any atom is 0.329 e. The summed E-state index contributed by atoms with van der Waals surface area (Å²) in [5, 5.41) is 14.2. The molecule has 1 aromatic rings. The molecule has 1 aliphatic heterocycles. The molecule has 20 heavy (non-hydrogen) atoms. The molecule has 1 atom stereocenters. The van der Waals surface area contributed by atoms with Crippen molar-refractivity contribution in [2.75, 3.05) is 23.3 Å². The molecule has 2 aliphatic rings.